The molecule has 1 heterocycles. The minimum atomic E-state index is -0.412. The quantitative estimate of drug-likeness (QED) is 0.695. The van der Waals surface area contributed by atoms with E-state index < -0.39 is 6.29 Å². The number of benzene rings is 2. The second kappa shape index (κ2) is 8.36. The normalized spacial score (nSPS) is 17.8. The minimum Gasteiger partial charge on any atom is -0.455 e. The molecule has 0 radical (unpaired) electrons. The highest BCUT2D eigenvalue weighted by molar-refractivity contribution is 9.10. The molecule has 1 aliphatic heterocycles. The van der Waals surface area contributed by atoms with Gasteiger partial charge in [-0.05, 0) is 52.2 Å². The van der Waals surface area contributed by atoms with Crippen LogP contribution in [0.25, 0.3) is 0 Å². The minimum absolute atomic E-state index is 0.0749. The molecule has 0 aromatic heterocycles. The average molecular weight is 405 g/mol. The molecule has 3 rings (SSSR count). The van der Waals surface area contributed by atoms with Gasteiger partial charge in [-0.3, -0.25) is 4.79 Å². The van der Waals surface area contributed by atoms with Crippen LogP contribution in [-0.2, 0) is 11.3 Å². The van der Waals surface area contributed by atoms with E-state index in [0.717, 1.165) is 28.8 Å². The summed E-state index contributed by atoms with van der Waals surface area (Å²) in [5.74, 6) is 1.55. The highest BCUT2D eigenvalue weighted by atomic mass is 79.9. The lowest BCUT2D eigenvalue weighted by Crippen LogP contribution is -2.35. The fourth-order valence-corrected chi connectivity index (χ4v) is 3.19. The van der Waals surface area contributed by atoms with Crippen LogP contribution in [0.2, 0.25) is 0 Å². The topological polar surface area (TPSA) is 59.6 Å². The average Bonchev–Trinajstić information content (AvgIpc) is 3.01. The smallest absolute Gasteiger partial charge is 0.238 e. The Morgan fingerprint density at radius 1 is 1.24 bits per heavy atom. The van der Waals surface area contributed by atoms with Crippen molar-refractivity contribution in [3.63, 3.8) is 0 Å². The van der Waals surface area contributed by atoms with Crippen LogP contribution in [-0.4, -0.2) is 24.8 Å². The van der Waals surface area contributed by atoms with Crippen molar-refractivity contribution < 1.29 is 14.3 Å². The summed E-state index contributed by atoms with van der Waals surface area (Å²) in [7, 11) is 0. The molecule has 2 unspecified atom stereocenters. The molecule has 1 amide bonds. The molecule has 5 nitrogen and oxygen atoms in total. The molecule has 0 spiro atoms. The first-order valence-electron chi connectivity index (χ1n) is 8.30. The maximum atomic E-state index is 11.6. The zero-order valence-corrected chi connectivity index (χ0v) is 15.6. The van der Waals surface area contributed by atoms with Crippen molar-refractivity contribution in [3.05, 3.63) is 58.6 Å². The van der Waals surface area contributed by atoms with Gasteiger partial charge in [0.2, 0.25) is 12.2 Å². The van der Waals surface area contributed by atoms with Crippen LogP contribution in [0.3, 0.4) is 0 Å². The van der Waals surface area contributed by atoms with Gasteiger partial charge in [0.25, 0.3) is 0 Å². The van der Waals surface area contributed by atoms with Crippen molar-refractivity contribution in [2.75, 3.05) is 6.54 Å². The second-order valence-corrected chi connectivity index (χ2v) is 6.75. The van der Waals surface area contributed by atoms with E-state index in [1.165, 1.54) is 0 Å². The first-order valence-corrected chi connectivity index (χ1v) is 9.09. The van der Waals surface area contributed by atoms with Gasteiger partial charge in [0, 0.05) is 20.0 Å². The standard InChI is InChI=1S/C19H21BrN2O3/c1-13(24-15-5-3-2-4-6-15)25-18-8-7-14(11-16(18)20)12-22-17-9-10-21-19(17)23/h2-8,11,13,17,22H,9-10,12H2,1H3,(H,21,23). The summed E-state index contributed by atoms with van der Waals surface area (Å²) < 4.78 is 12.4. The zero-order chi connectivity index (χ0) is 17.6. The fourth-order valence-electron chi connectivity index (χ4n) is 2.67. The number of hydrogen-bond donors (Lipinski definition) is 2. The van der Waals surface area contributed by atoms with Crippen LogP contribution in [0.15, 0.2) is 53.0 Å². The Bertz CT molecular complexity index is 724. The molecular formula is C19H21BrN2O3. The van der Waals surface area contributed by atoms with Crippen LogP contribution >= 0.6 is 15.9 Å². The third kappa shape index (κ3) is 4.96. The number of carbonyl (C=O) groups is 1. The van der Waals surface area contributed by atoms with Gasteiger partial charge in [0.05, 0.1) is 10.5 Å². The zero-order valence-electron chi connectivity index (χ0n) is 14.0. The summed E-state index contributed by atoms with van der Waals surface area (Å²) in [6.45, 7) is 3.23. The highest BCUT2D eigenvalue weighted by Gasteiger charge is 2.23. The van der Waals surface area contributed by atoms with Gasteiger partial charge < -0.3 is 20.1 Å². The third-order valence-corrected chi connectivity index (χ3v) is 4.56. The van der Waals surface area contributed by atoms with Crippen LogP contribution in [0.4, 0.5) is 0 Å². The maximum Gasteiger partial charge on any atom is 0.238 e. The Morgan fingerprint density at radius 2 is 2.04 bits per heavy atom. The van der Waals surface area contributed by atoms with E-state index in [2.05, 4.69) is 26.6 Å². The SMILES string of the molecule is CC(Oc1ccccc1)Oc1ccc(CNC2CCNC2=O)cc1Br. The molecule has 1 fully saturated rings. The number of amides is 1. The molecule has 0 bridgehead atoms. The highest BCUT2D eigenvalue weighted by Crippen LogP contribution is 2.27. The lowest BCUT2D eigenvalue weighted by Gasteiger charge is -2.18. The number of nitrogens with one attached hydrogen (secondary N) is 2. The van der Waals surface area contributed by atoms with Gasteiger partial charge in [-0.25, -0.2) is 0 Å². The molecule has 6 heteroatoms. The van der Waals surface area contributed by atoms with E-state index in [1.54, 1.807) is 0 Å². The molecule has 2 N–H and O–H groups in total. The summed E-state index contributed by atoms with van der Waals surface area (Å²) in [5, 5.41) is 6.09. The van der Waals surface area contributed by atoms with Crippen LogP contribution in [0.5, 0.6) is 11.5 Å². The van der Waals surface area contributed by atoms with Crippen molar-refractivity contribution in [1.29, 1.82) is 0 Å². The monoisotopic (exact) mass is 404 g/mol. The summed E-state index contributed by atoms with van der Waals surface area (Å²) in [5.41, 5.74) is 1.08. The van der Waals surface area contributed by atoms with Gasteiger partial charge in [0.1, 0.15) is 11.5 Å². The van der Waals surface area contributed by atoms with Gasteiger partial charge in [-0.2, -0.15) is 0 Å². The van der Waals surface area contributed by atoms with E-state index in [-0.39, 0.29) is 11.9 Å². The lowest BCUT2D eigenvalue weighted by molar-refractivity contribution is -0.120. The molecule has 25 heavy (non-hydrogen) atoms. The van der Waals surface area contributed by atoms with E-state index in [4.69, 9.17) is 9.47 Å². The molecule has 2 aromatic rings. The summed E-state index contributed by atoms with van der Waals surface area (Å²) in [6, 6.07) is 15.3. The number of ether oxygens (including phenoxy) is 2. The molecule has 1 saturated heterocycles. The molecule has 1 aliphatic rings. The first kappa shape index (κ1) is 17.8. The summed E-state index contributed by atoms with van der Waals surface area (Å²) in [6.07, 6.45) is 0.417. The van der Waals surface area contributed by atoms with Crippen molar-refractivity contribution in [3.8, 4) is 11.5 Å². The number of hydrogen-bond acceptors (Lipinski definition) is 4. The summed E-state index contributed by atoms with van der Waals surface area (Å²) >= 11 is 3.54. The Balaban J connectivity index is 1.55. The number of para-hydroxylation sites is 1. The summed E-state index contributed by atoms with van der Waals surface area (Å²) in [4.78, 5) is 11.6. The molecule has 2 aromatic carbocycles. The Hall–Kier alpha value is -2.05. The van der Waals surface area contributed by atoms with Crippen LogP contribution in [0, 0.1) is 0 Å². The third-order valence-electron chi connectivity index (χ3n) is 3.94. The van der Waals surface area contributed by atoms with E-state index in [9.17, 15) is 4.79 Å². The molecule has 2 atom stereocenters. The van der Waals surface area contributed by atoms with Crippen LogP contribution in [0.1, 0.15) is 18.9 Å². The Morgan fingerprint density at radius 3 is 2.72 bits per heavy atom. The lowest BCUT2D eigenvalue weighted by atomic mass is 10.2. The second-order valence-electron chi connectivity index (χ2n) is 5.89. The number of carbonyl (C=O) groups excluding carboxylic acids is 1. The van der Waals surface area contributed by atoms with Crippen LogP contribution < -0.4 is 20.1 Å². The van der Waals surface area contributed by atoms with Gasteiger partial charge in [-0.1, -0.05) is 24.3 Å². The maximum absolute atomic E-state index is 11.6. The van der Waals surface area contributed by atoms with Gasteiger partial charge >= 0.3 is 0 Å². The first-order chi connectivity index (χ1) is 12.1. The molecule has 0 aliphatic carbocycles. The largest absolute Gasteiger partial charge is 0.455 e. The Kier molecular flexibility index (Phi) is 5.94. The van der Waals surface area contributed by atoms with Gasteiger partial charge in [-0.15, -0.1) is 0 Å². The molecule has 0 saturated carbocycles. The van der Waals surface area contributed by atoms with E-state index in [1.807, 2.05) is 55.5 Å². The van der Waals surface area contributed by atoms with Crippen molar-refractivity contribution in [2.45, 2.75) is 32.2 Å². The molecular weight excluding hydrogens is 384 g/mol. The number of rotatable bonds is 7. The predicted octanol–water partition coefficient (Wildman–Crippen LogP) is 3.23. The Labute approximate surface area is 155 Å². The predicted molar refractivity (Wildman–Crippen MR) is 99.6 cm³/mol. The van der Waals surface area contributed by atoms with E-state index in [0.29, 0.717) is 12.3 Å². The number of halogens is 1. The molecule has 132 valence electrons. The van der Waals surface area contributed by atoms with Crippen molar-refractivity contribution >= 4 is 21.8 Å². The van der Waals surface area contributed by atoms with Crippen molar-refractivity contribution in [1.82, 2.24) is 10.6 Å². The van der Waals surface area contributed by atoms with E-state index >= 15 is 0 Å². The van der Waals surface area contributed by atoms with Crippen molar-refractivity contribution in [2.24, 2.45) is 0 Å². The fraction of sp³-hybridized carbons (Fsp3) is 0.316. The van der Waals surface area contributed by atoms with Gasteiger partial charge in [0.15, 0.2) is 0 Å².